The third kappa shape index (κ3) is 2.88. The minimum atomic E-state index is 0.294. The van der Waals surface area contributed by atoms with Crippen molar-refractivity contribution >= 4 is 23.2 Å². The highest BCUT2D eigenvalue weighted by Gasteiger charge is 2.02. The van der Waals surface area contributed by atoms with Crippen molar-refractivity contribution < 1.29 is 4.74 Å². The summed E-state index contributed by atoms with van der Waals surface area (Å²) < 4.78 is 5.52. The molecular formula is C12H6Cl2N2O. The molecule has 0 N–H and O–H groups in total. The first-order valence-electron chi connectivity index (χ1n) is 4.68. The van der Waals surface area contributed by atoms with E-state index in [2.05, 4.69) is 4.98 Å². The summed E-state index contributed by atoms with van der Waals surface area (Å²) in [5, 5.41) is 9.58. The maximum absolute atomic E-state index is 8.70. The van der Waals surface area contributed by atoms with E-state index in [1.165, 1.54) is 6.20 Å². The van der Waals surface area contributed by atoms with Gasteiger partial charge in [-0.15, -0.1) is 0 Å². The summed E-state index contributed by atoms with van der Waals surface area (Å²) in [7, 11) is 0. The lowest BCUT2D eigenvalue weighted by molar-refractivity contribution is 0.482. The molecule has 0 aliphatic rings. The van der Waals surface area contributed by atoms with Gasteiger partial charge in [-0.3, -0.25) is 0 Å². The van der Waals surface area contributed by atoms with Crippen molar-refractivity contribution in [3.05, 3.63) is 52.3 Å². The summed E-state index contributed by atoms with van der Waals surface area (Å²) in [5.41, 5.74) is 0.294. The normalized spacial score (nSPS) is 9.71. The van der Waals surface area contributed by atoms with Crippen molar-refractivity contribution in [2.45, 2.75) is 0 Å². The molecule has 3 nitrogen and oxygen atoms in total. The van der Waals surface area contributed by atoms with Crippen molar-refractivity contribution in [3.63, 3.8) is 0 Å². The first-order chi connectivity index (χ1) is 8.19. The van der Waals surface area contributed by atoms with Crippen LogP contribution in [0.5, 0.6) is 11.5 Å². The predicted molar refractivity (Wildman–Crippen MR) is 65.5 cm³/mol. The molecule has 0 atom stereocenters. The minimum absolute atomic E-state index is 0.294. The van der Waals surface area contributed by atoms with Gasteiger partial charge in [-0.2, -0.15) is 5.26 Å². The number of halogens is 2. The molecule has 1 aromatic heterocycles. The summed E-state index contributed by atoms with van der Waals surface area (Å²) in [4.78, 5) is 3.84. The SMILES string of the molecule is N#Cc1cc(Oc2ccc(Cl)c(Cl)c2)ccn1. The molecule has 0 saturated heterocycles. The van der Waals surface area contributed by atoms with Crippen molar-refractivity contribution in [2.24, 2.45) is 0 Å². The molecule has 2 rings (SSSR count). The number of ether oxygens (including phenoxy) is 1. The van der Waals surface area contributed by atoms with Gasteiger partial charge in [0.05, 0.1) is 10.0 Å². The van der Waals surface area contributed by atoms with Crippen LogP contribution in [0.3, 0.4) is 0 Å². The Morgan fingerprint density at radius 1 is 1.06 bits per heavy atom. The van der Waals surface area contributed by atoms with Crippen molar-refractivity contribution in [3.8, 4) is 17.6 Å². The van der Waals surface area contributed by atoms with Gasteiger partial charge in [0.25, 0.3) is 0 Å². The van der Waals surface area contributed by atoms with Gasteiger partial charge in [0.1, 0.15) is 23.3 Å². The second-order valence-corrected chi connectivity index (χ2v) is 3.98. The van der Waals surface area contributed by atoms with E-state index >= 15 is 0 Å². The lowest BCUT2D eigenvalue weighted by Gasteiger charge is -2.06. The lowest BCUT2D eigenvalue weighted by atomic mass is 10.3. The fourth-order valence-corrected chi connectivity index (χ4v) is 1.50. The van der Waals surface area contributed by atoms with E-state index in [0.717, 1.165) is 0 Å². The zero-order chi connectivity index (χ0) is 12.3. The molecule has 0 amide bonds. The molecule has 0 unspecified atom stereocenters. The van der Waals surface area contributed by atoms with E-state index in [0.29, 0.717) is 27.2 Å². The zero-order valence-electron chi connectivity index (χ0n) is 8.52. The largest absolute Gasteiger partial charge is 0.457 e. The van der Waals surface area contributed by atoms with E-state index in [1.54, 1.807) is 30.3 Å². The lowest BCUT2D eigenvalue weighted by Crippen LogP contribution is -1.87. The maximum atomic E-state index is 8.70. The first kappa shape index (κ1) is 11.7. The van der Waals surface area contributed by atoms with Crippen LogP contribution in [0.1, 0.15) is 5.69 Å². The van der Waals surface area contributed by atoms with Gasteiger partial charge in [0, 0.05) is 18.3 Å². The van der Waals surface area contributed by atoms with Gasteiger partial charge < -0.3 is 4.74 Å². The van der Waals surface area contributed by atoms with Gasteiger partial charge >= 0.3 is 0 Å². The first-order valence-corrected chi connectivity index (χ1v) is 5.43. The molecule has 0 bridgehead atoms. The molecule has 0 radical (unpaired) electrons. The van der Waals surface area contributed by atoms with Crippen LogP contribution in [0, 0.1) is 11.3 Å². The molecule has 1 aromatic carbocycles. The Labute approximate surface area is 108 Å². The quantitative estimate of drug-likeness (QED) is 0.822. The number of nitriles is 1. The second kappa shape index (κ2) is 5.05. The van der Waals surface area contributed by atoms with Crippen molar-refractivity contribution in [2.75, 3.05) is 0 Å². The van der Waals surface area contributed by atoms with Crippen LogP contribution >= 0.6 is 23.2 Å². The van der Waals surface area contributed by atoms with Gasteiger partial charge in [0.2, 0.25) is 0 Å². The fraction of sp³-hybridized carbons (Fsp3) is 0. The van der Waals surface area contributed by atoms with E-state index < -0.39 is 0 Å². The van der Waals surface area contributed by atoms with Crippen LogP contribution in [0.15, 0.2) is 36.5 Å². The third-order valence-corrected chi connectivity index (χ3v) is 2.71. The average Bonchev–Trinajstić information content (AvgIpc) is 2.34. The molecule has 1 heterocycles. The van der Waals surface area contributed by atoms with Gasteiger partial charge in [-0.1, -0.05) is 23.2 Å². The summed E-state index contributed by atoms with van der Waals surface area (Å²) >= 11 is 11.7. The molecule has 2 aromatic rings. The number of hydrogen-bond donors (Lipinski definition) is 0. The average molecular weight is 265 g/mol. The van der Waals surface area contributed by atoms with E-state index in [-0.39, 0.29) is 0 Å². The van der Waals surface area contributed by atoms with Crippen molar-refractivity contribution in [1.82, 2.24) is 4.98 Å². The minimum Gasteiger partial charge on any atom is -0.457 e. The maximum Gasteiger partial charge on any atom is 0.144 e. The van der Waals surface area contributed by atoms with Crippen LogP contribution < -0.4 is 4.74 Å². The number of rotatable bonds is 2. The van der Waals surface area contributed by atoms with E-state index in [4.69, 9.17) is 33.2 Å². The Balaban J connectivity index is 2.25. The van der Waals surface area contributed by atoms with Crippen LogP contribution in [-0.4, -0.2) is 4.98 Å². The number of aromatic nitrogens is 1. The van der Waals surface area contributed by atoms with E-state index in [9.17, 15) is 0 Å². The standard InChI is InChI=1S/C12H6Cl2N2O/c13-11-2-1-9(6-12(11)14)17-10-3-4-16-8(5-10)7-15/h1-6H. The summed E-state index contributed by atoms with van der Waals surface area (Å²) in [6.07, 6.45) is 1.51. The third-order valence-electron chi connectivity index (χ3n) is 1.97. The Morgan fingerprint density at radius 3 is 2.53 bits per heavy atom. The molecular weight excluding hydrogens is 259 g/mol. The predicted octanol–water partition coefficient (Wildman–Crippen LogP) is 4.05. The number of benzene rings is 1. The second-order valence-electron chi connectivity index (χ2n) is 3.17. The zero-order valence-corrected chi connectivity index (χ0v) is 10.0. The van der Waals surface area contributed by atoms with E-state index in [1.807, 2.05) is 6.07 Å². The number of pyridine rings is 1. The van der Waals surface area contributed by atoms with Gasteiger partial charge in [-0.05, 0) is 18.2 Å². The molecule has 0 spiro atoms. The molecule has 5 heteroatoms. The molecule has 0 fully saturated rings. The van der Waals surface area contributed by atoms with Gasteiger partial charge in [0.15, 0.2) is 0 Å². The van der Waals surface area contributed by atoms with Crippen LogP contribution in [0.25, 0.3) is 0 Å². The smallest absolute Gasteiger partial charge is 0.144 e. The summed E-state index contributed by atoms with van der Waals surface area (Å²) in [6.45, 7) is 0. The number of nitrogens with zero attached hydrogens (tertiary/aromatic N) is 2. The Bertz CT molecular complexity index is 593. The highest BCUT2D eigenvalue weighted by atomic mass is 35.5. The molecule has 0 aliphatic heterocycles. The Morgan fingerprint density at radius 2 is 1.82 bits per heavy atom. The molecule has 0 aliphatic carbocycles. The Kier molecular flexibility index (Phi) is 3.48. The fourth-order valence-electron chi connectivity index (χ4n) is 1.21. The monoisotopic (exact) mass is 264 g/mol. The topological polar surface area (TPSA) is 45.9 Å². The summed E-state index contributed by atoms with van der Waals surface area (Å²) in [6, 6.07) is 10.1. The highest BCUT2D eigenvalue weighted by molar-refractivity contribution is 6.42. The molecule has 17 heavy (non-hydrogen) atoms. The highest BCUT2D eigenvalue weighted by Crippen LogP contribution is 2.29. The summed E-state index contributed by atoms with van der Waals surface area (Å²) in [5.74, 6) is 1.07. The Hall–Kier alpha value is -1.76. The number of hydrogen-bond acceptors (Lipinski definition) is 3. The van der Waals surface area contributed by atoms with Crippen LogP contribution in [0.4, 0.5) is 0 Å². The van der Waals surface area contributed by atoms with Gasteiger partial charge in [-0.25, -0.2) is 4.98 Å². The van der Waals surface area contributed by atoms with Crippen LogP contribution in [0.2, 0.25) is 10.0 Å². The van der Waals surface area contributed by atoms with Crippen molar-refractivity contribution in [1.29, 1.82) is 5.26 Å². The molecule has 0 saturated carbocycles. The van der Waals surface area contributed by atoms with Crippen LogP contribution in [-0.2, 0) is 0 Å². The molecule has 84 valence electrons.